The van der Waals surface area contributed by atoms with Gasteiger partial charge in [0.25, 0.3) is 5.91 Å². The average molecular weight is 209 g/mol. The minimum atomic E-state index is -0.379. The summed E-state index contributed by atoms with van der Waals surface area (Å²) in [5.74, 6) is 4.90. The molecule has 0 saturated carbocycles. The third-order valence-electron chi connectivity index (χ3n) is 2.03. The number of nitrogen functional groups attached to an aromatic ring is 2. The Morgan fingerprint density at radius 2 is 2.13 bits per heavy atom. The van der Waals surface area contributed by atoms with Gasteiger partial charge >= 0.3 is 0 Å². The SMILES string of the molecule is CCCc1nc(N)nc(C)c1C(=O)NN. The van der Waals surface area contributed by atoms with Crippen LogP contribution in [0, 0.1) is 6.92 Å². The lowest BCUT2D eigenvalue weighted by molar-refractivity contribution is 0.0951. The zero-order valence-corrected chi connectivity index (χ0v) is 8.87. The first-order chi connectivity index (χ1) is 7.10. The number of rotatable bonds is 3. The highest BCUT2D eigenvalue weighted by molar-refractivity contribution is 5.96. The van der Waals surface area contributed by atoms with E-state index >= 15 is 0 Å². The molecule has 0 fully saturated rings. The standard InChI is InChI=1S/C9H15N5O/c1-3-4-6-7(8(15)14-11)5(2)12-9(10)13-6/h3-4,11H2,1-2H3,(H,14,15)(H2,10,12,13). The van der Waals surface area contributed by atoms with Crippen LogP contribution in [-0.2, 0) is 6.42 Å². The molecule has 1 aromatic rings. The zero-order valence-electron chi connectivity index (χ0n) is 8.87. The monoisotopic (exact) mass is 209 g/mol. The van der Waals surface area contributed by atoms with Crippen LogP contribution in [0.4, 0.5) is 5.95 Å². The van der Waals surface area contributed by atoms with Crippen molar-refractivity contribution in [2.24, 2.45) is 5.84 Å². The molecule has 0 spiro atoms. The molecule has 6 nitrogen and oxygen atoms in total. The van der Waals surface area contributed by atoms with Crippen molar-refractivity contribution in [3.63, 3.8) is 0 Å². The van der Waals surface area contributed by atoms with E-state index in [1.54, 1.807) is 6.92 Å². The first-order valence-electron chi connectivity index (χ1n) is 4.74. The van der Waals surface area contributed by atoms with E-state index < -0.39 is 0 Å². The number of carbonyl (C=O) groups excluding carboxylic acids is 1. The van der Waals surface area contributed by atoms with E-state index in [1.165, 1.54) is 0 Å². The maximum atomic E-state index is 11.5. The van der Waals surface area contributed by atoms with Gasteiger partial charge in [0.2, 0.25) is 5.95 Å². The normalized spacial score (nSPS) is 10.1. The zero-order chi connectivity index (χ0) is 11.4. The number of hydrazine groups is 1. The fourth-order valence-electron chi connectivity index (χ4n) is 1.44. The molecule has 0 aromatic carbocycles. The van der Waals surface area contributed by atoms with Gasteiger partial charge in [-0.3, -0.25) is 10.2 Å². The number of hydrogen-bond donors (Lipinski definition) is 3. The van der Waals surface area contributed by atoms with Crippen molar-refractivity contribution in [3.8, 4) is 0 Å². The molecule has 5 N–H and O–H groups in total. The molecule has 1 amide bonds. The van der Waals surface area contributed by atoms with Gasteiger partial charge in [0, 0.05) is 0 Å². The molecule has 0 aliphatic carbocycles. The van der Waals surface area contributed by atoms with Crippen molar-refractivity contribution in [1.82, 2.24) is 15.4 Å². The van der Waals surface area contributed by atoms with E-state index in [0.717, 1.165) is 6.42 Å². The van der Waals surface area contributed by atoms with Gasteiger partial charge in [0.15, 0.2) is 0 Å². The van der Waals surface area contributed by atoms with Crippen LogP contribution in [0.1, 0.15) is 35.1 Å². The van der Waals surface area contributed by atoms with Crippen molar-refractivity contribution in [2.75, 3.05) is 5.73 Å². The van der Waals surface area contributed by atoms with Crippen molar-refractivity contribution in [1.29, 1.82) is 0 Å². The summed E-state index contributed by atoms with van der Waals surface area (Å²) < 4.78 is 0. The molecule has 82 valence electrons. The van der Waals surface area contributed by atoms with Gasteiger partial charge in [-0.15, -0.1) is 0 Å². The fourth-order valence-corrected chi connectivity index (χ4v) is 1.44. The second-order valence-electron chi connectivity index (χ2n) is 3.21. The van der Waals surface area contributed by atoms with Crippen LogP contribution in [0.25, 0.3) is 0 Å². The molecule has 0 saturated heterocycles. The summed E-state index contributed by atoms with van der Waals surface area (Å²) in [7, 11) is 0. The lowest BCUT2D eigenvalue weighted by Gasteiger charge is -2.09. The number of nitrogens with one attached hydrogen (secondary N) is 1. The molecule has 1 heterocycles. The second kappa shape index (κ2) is 4.70. The molecular weight excluding hydrogens is 194 g/mol. The largest absolute Gasteiger partial charge is 0.368 e. The molecule has 1 rings (SSSR count). The van der Waals surface area contributed by atoms with E-state index in [9.17, 15) is 4.79 Å². The van der Waals surface area contributed by atoms with E-state index in [1.807, 2.05) is 6.92 Å². The highest BCUT2D eigenvalue weighted by Crippen LogP contribution is 2.13. The molecule has 1 aromatic heterocycles. The second-order valence-corrected chi connectivity index (χ2v) is 3.21. The summed E-state index contributed by atoms with van der Waals surface area (Å²) in [5.41, 5.74) is 9.21. The van der Waals surface area contributed by atoms with Crippen molar-refractivity contribution < 1.29 is 4.79 Å². The van der Waals surface area contributed by atoms with E-state index in [-0.39, 0.29) is 11.9 Å². The number of aryl methyl sites for hydroxylation is 2. The summed E-state index contributed by atoms with van der Waals surface area (Å²) in [4.78, 5) is 19.5. The minimum absolute atomic E-state index is 0.185. The van der Waals surface area contributed by atoms with Crippen LogP contribution in [0.3, 0.4) is 0 Å². The number of nitrogens with zero attached hydrogens (tertiary/aromatic N) is 2. The third kappa shape index (κ3) is 2.41. The van der Waals surface area contributed by atoms with Gasteiger partial charge in [0.1, 0.15) is 0 Å². The van der Waals surface area contributed by atoms with E-state index in [0.29, 0.717) is 23.4 Å². The molecule has 0 aliphatic rings. The number of nitrogens with two attached hydrogens (primary N) is 2. The van der Waals surface area contributed by atoms with Crippen molar-refractivity contribution in [2.45, 2.75) is 26.7 Å². The maximum Gasteiger partial charge on any atom is 0.268 e. The van der Waals surface area contributed by atoms with Crippen LogP contribution < -0.4 is 17.0 Å². The molecule has 0 bridgehead atoms. The molecule has 6 heteroatoms. The van der Waals surface area contributed by atoms with Crippen LogP contribution in [0.2, 0.25) is 0 Å². The summed E-state index contributed by atoms with van der Waals surface area (Å²) in [6, 6.07) is 0. The lowest BCUT2D eigenvalue weighted by Crippen LogP contribution is -2.32. The van der Waals surface area contributed by atoms with Crippen molar-refractivity contribution in [3.05, 3.63) is 17.0 Å². The maximum absolute atomic E-state index is 11.5. The van der Waals surface area contributed by atoms with Crippen LogP contribution in [0.15, 0.2) is 0 Å². The average Bonchev–Trinajstić information content (AvgIpc) is 2.16. The molecule has 0 atom stereocenters. The summed E-state index contributed by atoms with van der Waals surface area (Å²) in [6.07, 6.45) is 1.55. The minimum Gasteiger partial charge on any atom is -0.368 e. The smallest absolute Gasteiger partial charge is 0.268 e. The first kappa shape index (κ1) is 11.4. The van der Waals surface area contributed by atoms with Crippen LogP contribution >= 0.6 is 0 Å². The molecule has 0 unspecified atom stereocenters. The Balaban J connectivity index is 3.26. The van der Waals surface area contributed by atoms with Gasteiger partial charge in [-0.1, -0.05) is 13.3 Å². The van der Waals surface area contributed by atoms with Gasteiger partial charge in [-0.25, -0.2) is 15.8 Å². The molecule has 0 aliphatic heterocycles. The molecule has 0 radical (unpaired) electrons. The van der Waals surface area contributed by atoms with Crippen LogP contribution in [-0.4, -0.2) is 15.9 Å². The third-order valence-corrected chi connectivity index (χ3v) is 2.03. The fraction of sp³-hybridized carbons (Fsp3) is 0.444. The number of anilines is 1. The lowest BCUT2D eigenvalue weighted by atomic mass is 10.1. The molecular formula is C9H15N5O. The van der Waals surface area contributed by atoms with Gasteiger partial charge in [-0.05, 0) is 13.3 Å². The highest BCUT2D eigenvalue weighted by Gasteiger charge is 2.16. The Kier molecular flexibility index (Phi) is 3.56. The topological polar surface area (TPSA) is 107 Å². The quantitative estimate of drug-likeness (QED) is 0.367. The van der Waals surface area contributed by atoms with Gasteiger partial charge in [-0.2, -0.15) is 0 Å². The Morgan fingerprint density at radius 3 is 2.67 bits per heavy atom. The summed E-state index contributed by atoms with van der Waals surface area (Å²) in [6.45, 7) is 3.71. The summed E-state index contributed by atoms with van der Waals surface area (Å²) in [5, 5.41) is 0. The van der Waals surface area contributed by atoms with Crippen molar-refractivity contribution >= 4 is 11.9 Å². The highest BCUT2D eigenvalue weighted by atomic mass is 16.2. The van der Waals surface area contributed by atoms with Crippen LogP contribution in [0.5, 0.6) is 0 Å². The Labute approximate surface area is 88.1 Å². The summed E-state index contributed by atoms with van der Waals surface area (Å²) >= 11 is 0. The predicted octanol–water partition coefficient (Wildman–Crippen LogP) is -0.0768. The Morgan fingerprint density at radius 1 is 1.47 bits per heavy atom. The number of carbonyl (C=O) groups is 1. The van der Waals surface area contributed by atoms with E-state index in [4.69, 9.17) is 11.6 Å². The Bertz CT molecular complexity index is 377. The van der Waals surface area contributed by atoms with Gasteiger partial charge in [0.05, 0.1) is 17.0 Å². The van der Waals surface area contributed by atoms with Gasteiger partial charge < -0.3 is 5.73 Å². The van der Waals surface area contributed by atoms with E-state index in [2.05, 4.69) is 15.4 Å². The number of aromatic nitrogens is 2. The number of hydrogen-bond acceptors (Lipinski definition) is 5. The Hall–Kier alpha value is -1.69. The molecule has 15 heavy (non-hydrogen) atoms. The number of amides is 1. The first-order valence-corrected chi connectivity index (χ1v) is 4.74. The predicted molar refractivity (Wildman–Crippen MR) is 56.8 cm³/mol.